The van der Waals surface area contributed by atoms with Crippen molar-refractivity contribution in [1.29, 1.82) is 0 Å². The van der Waals surface area contributed by atoms with Crippen LogP contribution in [0.2, 0.25) is 5.02 Å². The Morgan fingerprint density at radius 2 is 1.24 bits per heavy atom. The summed E-state index contributed by atoms with van der Waals surface area (Å²) in [6.45, 7) is 7.58. The molecule has 5 aromatic rings. The van der Waals surface area contributed by atoms with Gasteiger partial charge in [-0.1, -0.05) is 103 Å². The molecular formula is C27H16ClN. The summed E-state index contributed by atoms with van der Waals surface area (Å²) in [6.07, 6.45) is 0. The summed E-state index contributed by atoms with van der Waals surface area (Å²) in [7, 11) is 0. The molecule has 29 heavy (non-hydrogen) atoms. The number of rotatable bonds is 2. The van der Waals surface area contributed by atoms with Crippen LogP contribution in [-0.2, 0) is 0 Å². The number of nitrogens with zero attached hydrogens (tertiary/aromatic N) is 1. The number of hydrogen-bond donors (Lipinski definition) is 0. The van der Waals surface area contributed by atoms with Gasteiger partial charge < -0.3 is 0 Å². The maximum absolute atomic E-state index is 7.58. The van der Waals surface area contributed by atoms with Crippen molar-refractivity contribution in [3.63, 3.8) is 0 Å². The average molecular weight is 390 g/mol. The quantitative estimate of drug-likeness (QED) is 0.210. The van der Waals surface area contributed by atoms with E-state index in [0.29, 0.717) is 10.7 Å². The summed E-state index contributed by atoms with van der Waals surface area (Å²) >= 11 is 6.28. The van der Waals surface area contributed by atoms with E-state index >= 15 is 0 Å². The van der Waals surface area contributed by atoms with Crippen LogP contribution in [0.4, 0.5) is 5.69 Å². The van der Waals surface area contributed by atoms with Crippen LogP contribution in [0.1, 0.15) is 0 Å². The van der Waals surface area contributed by atoms with Gasteiger partial charge in [0.15, 0.2) is 5.69 Å². The molecule has 0 saturated heterocycles. The van der Waals surface area contributed by atoms with Crippen molar-refractivity contribution in [2.45, 2.75) is 0 Å². The molecule has 1 nitrogen and oxygen atoms in total. The molecule has 0 bridgehead atoms. The first-order chi connectivity index (χ1) is 14.3. The zero-order valence-corrected chi connectivity index (χ0v) is 16.3. The summed E-state index contributed by atoms with van der Waals surface area (Å²) in [6, 6.07) is 32.9. The fourth-order valence-corrected chi connectivity index (χ4v) is 4.22. The van der Waals surface area contributed by atoms with Gasteiger partial charge in [-0.3, -0.25) is 0 Å². The van der Waals surface area contributed by atoms with Crippen molar-refractivity contribution in [3.8, 4) is 22.3 Å². The zero-order chi connectivity index (χ0) is 19.8. The molecule has 0 unspecified atom stereocenters. The minimum atomic E-state index is 0.604. The molecule has 0 aliphatic heterocycles. The van der Waals surface area contributed by atoms with Crippen LogP contribution < -0.4 is 0 Å². The van der Waals surface area contributed by atoms with E-state index in [0.717, 1.165) is 22.3 Å². The zero-order valence-electron chi connectivity index (χ0n) is 15.6. The van der Waals surface area contributed by atoms with Gasteiger partial charge in [0.1, 0.15) is 0 Å². The molecule has 0 saturated carbocycles. The first-order valence-electron chi connectivity index (χ1n) is 9.43. The molecule has 0 spiro atoms. The fraction of sp³-hybridized carbons (Fsp3) is 0. The second-order valence-corrected chi connectivity index (χ2v) is 7.44. The van der Waals surface area contributed by atoms with E-state index in [9.17, 15) is 0 Å². The fourth-order valence-electron chi connectivity index (χ4n) is 4.05. The first-order valence-corrected chi connectivity index (χ1v) is 9.81. The highest BCUT2D eigenvalue weighted by molar-refractivity contribution is 6.31. The van der Waals surface area contributed by atoms with Crippen LogP contribution in [0, 0.1) is 6.57 Å². The lowest BCUT2D eigenvalue weighted by Gasteiger charge is -2.15. The highest BCUT2D eigenvalue weighted by Gasteiger charge is 2.14. The van der Waals surface area contributed by atoms with Crippen molar-refractivity contribution in [2.24, 2.45) is 0 Å². The highest BCUT2D eigenvalue weighted by atomic mass is 35.5. The van der Waals surface area contributed by atoms with Crippen LogP contribution in [-0.4, -0.2) is 0 Å². The van der Waals surface area contributed by atoms with Gasteiger partial charge in [-0.2, -0.15) is 0 Å². The van der Waals surface area contributed by atoms with E-state index in [1.807, 2.05) is 18.2 Å². The monoisotopic (exact) mass is 389 g/mol. The third kappa shape index (κ3) is 2.95. The van der Waals surface area contributed by atoms with Crippen molar-refractivity contribution in [2.75, 3.05) is 0 Å². The normalized spacial score (nSPS) is 10.9. The van der Waals surface area contributed by atoms with Crippen LogP contribution in [0.15, 0.2) is 97.1 Å². The molecule has 136 valence electrons. The summed E-state index contributed by atoms with van der Waals surface area (Å²) < 4.78 is 0. The molecule has 0 N–H and O–H groups in total. The molecule has 0 fully saturated rings. The van der Waals surface area contributed by atoms with Crippen LogP contribution in [0.3, 0.4) is 0 Å². The van der Waals surface area contributed by atoms with Crippen LogP contribution in [0.25, 0.3) is 48.6 Å². The molecule has 0 aromatic heterocycles. The molecule has 2 heteroatoms. The molecule has 0 radical (unpaired) electrons. The molecule has 5 aromatic carbocycles. The maximum atomic E-state index is 7.58. The Kier molecular flexibility index (Phi) is 4.28. The van der Waals surface area contributed by atoms with Crippen LogP contribution >= 0.6 is 11.6 Å². The third-order valence-electron chi connectivity index (χ3n) is 5.37. The van der Waals surface area contributed by atoms with Gasteiger partial charge in [0.2, 0.25) is 0 Å². The van der Waals surface area contributed by atoms with Gasteiger partial charge in [0, 0.05) is 5.02 Å². The Bertz CT molecular complexity index is 1430. The lowest BCUT2D eigenvalue weighted by atomic mass is 9.89. The topological polar surface area (TPSA) is 4.36 Å². The number of hydrogen-bond acceptors (Lipinski definition) is 0. The van der Waals surface area contributed by atoms with E-state index in [2.05, 4.69) is 71.6 Å². The van der Waals surface area contributed by atoms with Gasteiger partial charge in [-0.15, -0.1) is 0 Å². The molecule has 0 amide bonds. The predicted octanol–water partition coefficient (Wildman–Crippen LogP) is 8.53. The second kappa shape index (κ2) is 7.09. The third-order valence-corrected chi connectivity index (χ3v) is 5.61. The largest absolute Gasteiger partial charge is 0.238 e. The maximum Gasteiger partial charge on any atom is 0.195 e. The summed E-state index contributed by atoms with van der Waals surface area (Å²) in [5, 5.41) is 5.53. The molecular weight excluding hydrogens is 374 g/mol. The summed E-state index contributed by atoms with van der Waals surface area (Å²) in [5.41, 5.74) is 4.73. The molecule has 5 rings (SSSR count). The van der Waals surface area contributed by atoms with Gasteiger partial charge in [0.05, 0.1) is 6.57 Å². The number of fused-ring (bicyclic) bond motifs is 3. The predicted molar refractivity (Wildman–Crippen MR) is 124 cm³/mol. The Morgan fingerprint density at radius 1 is 0.552 bits per heavy atom. The number of halogens is 1. The van der Waals surface area contributed by atoms with E-state index in [1.54, 1.807) is 12.1 Å². The SMILES string of the molecule is [C-]#[N+]c1ccc(Cl)cc1-c1ccccc1-c1cccc2c1ccc1ccccc12. The van der Waals surface area contributed by atoms with Crippen molar-refractivity contribution in [3.05, 3.63) is 114 Å². The average Bonchev–Trinajstić information content (AvgIpc) is 2.78. The molecule has 0 atom stereocenters. The lowest BCUT2D eigenvalue weighted by molar-refractivity contribution is 1.60. The Labute approximate surface area is 174 Å². The highest BCUT2D eigenvalue weighted by Crippen LogP contribution is 2.41. The minimum Gasteiger partial charge on any atom is -0.238 e. The van der Waals surface area contributed by atoms with Crippen molar-refractivity contribution < 1.29 is 0 Å². The van der Waals surface area contributed by atoms with Crippen LogP contribution in [0.5, 0.6) is 0 Å². The summed E-state index contributed by atoms with van der Waals surface area (Å²) in [4.78, 5) is 3.72. The van der Waals surface area contributed by atoms with Crippen molar-refractivity contribution >= 4 is 38.8 Å². The molecule has 0 aliphatic carbocycles. The Hall–Kier alpha value is -3.60. The van der Waals surface area contributed by atoms with E-state index < -0.39 is 0 Å². The smallest absolute Gasteiger partial charge is 0.195 e. The van der Waals surface area contributed by atoms with Gasteiger partial charge in [-0.25, -0.2) is 4.85 Å². The molecule has 0 aliphatic rings. The van der Waals surface area contributed by atoms with E-state index in [1.165, 1.54) is 21.5 Å². The van der Waals surface area contributed by atoms with E-state index in [4.69, 9.17) is 18.2 Å². The number of benzene rings is 5. The minimum absolute atomic E-state index is 0.604. The molecule has 0 heterocycles. The Morgan fingerprint density at radius 3 is 2.07 bits per heavy atom. The van der Waals surface area contributed by atoms with E-state index in [-0.39, 0.29) is 0 Å². The first kappa shape index (κ1) is 17.5. The van der Waals surface area contributed by atoms with Gasteiger partial charge in [-0.05, 0) is 49.9 Å². The standard InChI is InChI=1S/C27H16ClN/c1-29-27-16-14-19(28)17-26(27)24-10-5-4-9-22(24)23-12-6-11-21-20-8-3-2-7-18(20)13-15-25(21)23/h2-17H. The second-order valence-electron chi connectivity index (χ2n) is 7.01. The van der Waals surface area contributed by atoms with Crippen molar-refractivity contribution in [1.82, 2.24) is 0 Å². The lowest BCUT2D eigenvalue weighted by Crippen LogP contribution is -1.88. The summed E-state index contributed by atoms with van der Waals surface area (Å²) in [5.74, 6) is 0. The Balaban J connectivity index is 1.83. The van der Waals surface area contributed by atoms with Gasteiger partial charge >= 0.3 is 0 Å². The van der Waals surface area contributed by atoms with Gasteiger partial charge in [0.25, 0.3) is 0 Å².